The van der Waals surface area contributed by atoms with Crippen molar-refractivity contribution in [1.29, 1.82) is 0 Å². The van der Waals surface area contributed by atoms with Crippen LogP contribution in [-0.2, 0) is 0 Å². The highest BCUT2D eigenvalue weighted by Crippen LogP contribution is 2.16. The van der Waals surface area contributed by atoms with Crippen molar-refractivity contribution in [2.24, 2.45) is 0 Å². The van der Waals surface area contributed by atoms with Crippen molar-refractivity contribution in [2.45, 2.75) is 26.2 Å². The van der Waals surface area contributed by atoms with E-state index in [-0.39, 0.29) is 5.56 Å². The first-order chi connectivity index (χ1) is 9.19. The first kappa shape index (κ1) is 11.8. The van der Waals surface area contributed by atoms with Crippen molar-refractivity contribution in [3.63, 3.8) is 0 Å². The van der Waals surface area contributed by atoms with Gasteiger partial charge in [0.25, 0.3) is 5.56 Å². The summed E-state index contributed by atoms with van der Waals surface area (Å²) in [5.74, 6) is 0.860. The number of imidazole rings is 1. The first-order valence-corrected chi connectivity index (χ1v) is 6.46. The van der Waals surface area contributed by atoms with E-state index in [9.17, 15) is 4.79 Å². The maximum atomic E-state index is 12.0. The molecule has 2 N–H and O–H groups in total. The number of fused-ring (bicyclic) bond motifs is 1. The fourth-order valence-corrected chi connectivity index (χ4v) is 2.09. The molecule has 0 aliphatic heterocycles. The summed E-state index contributed by atoms with van der Waals surface area (Å²) in [7, 11) is 0. The molecular formula is C14H16N4O. The molecule has 1 unspecified atom stereocenters. The van der Waals surface area contributed by atoms with Crippen molar-refractivity contribution >= 4 is 11.0 Å². The molecule has 5 heteroatoms. The molecule has 0 aliphatic carbocycles. The summed E-state index contributed by atoms with van der Waals surface area (Å²) < 4.78 is 1.46. The van der Waals surface area contributed by atoms with E-state index in [1.54, 1.807) is 6.07 Å². The quantitative estimate of drug-likeness (QED) is 0.756. The normalized spacial score (nSPS) is 12.9. The van der Waals surface area contributed by atoms with E-state index in [0.717, 1.165) is 23.1 Å². The summed E-state index contributed by atoms with van der Waals surface area (Å²) in [4.78, 5) is 19.6. The van der Waals surface area contributed by atoms with Crippen LogP contribution in [0.4, 0.5) is 0 Å². The SMILES string of the molecule is CCC(C)c1cc(=O)n(-c2nc3ccccc3[nH]2)[nH]1. The number of nitrogens with one attached hydrogen (secondary N) is 2. The monoisotopic (exact) mass is 256 g/mol. The zero-order chi connectivity index (χ0) is 13.4. The van der Waals surface area contributed by atoms with Crippen LogP contribution < -0.4 is 5.56 Å². The largest absolute Gasteiger partial charge is 0.322 e. The number of nitrogens with zero attached hydrogens (tertiary/aromatic N) is 2. The Bertz CT molecular complexity index is 732. The van der Waals surface area contributed by atoms with E-state index in [1.807, 2.05) is 24.3 Å². The van der Waals surface area contributed by atoms with Crippen LogP contribution in [0, 0.1) is 0 Å². The zero-order valence-corrected chi connectivity index (χ0v) is 11.0. The van der Waals surface area contributed by atoms with Crippen molar-refractivity contribution in [2.75, 3.05) is 0 Å². The maximum Gasteiger partial charge on any atom is 0.274 e. The van der Waals surface area contributed by atoms with Crippen LogP contribution in [0.5, 0.6) is 0 Å². The minimum Gasteiger partial charge on any atom is -0.322 e. The molecule has 0 bridgehead atoms. The molecule has 0 spiro atoms. The summed E-state index contributed by atoms with van der Waals surface area (Å²) in [6.07, 6.45) is 0.986. The first-order valence-electron chi connectivity index (χ1n) is 6.46. The van der Waals surface area contributed by atoms with Crippen molar-refractivity contribution in [1.82, 2.24) is 19.7 Å². The number of hydrogen-bond acceptors (Lipinski definition) is 2. The fraction of sp³-hybridized carbons (Fsp3) is 0.286. The Hall–Kier alpha value is -2.30. The Labute approximate surface area is 110 Å². The van der Waals surface area contributed by atoms with Crippen molar-refractivity contribution < 1.29 is 0 Å². The zero-order valence-electron chi connectivity index (χ0n) is 11.0. The second-order valence-corrected chi connectivity index (χ2v) is 4.77. The number of aromatic amines is 2. The highest BCUT2D eigenvalue weighted by Gasteiger charge is 2.12. The molecule has 1 atom stereocenters. The van der Waals surface area contributed by atoms with Crippen molar-refractivity contribution in [3.05, 3.63) is 46.4 Å². The number of hydrogen-bond donors (Lipinski definition) is 2. The summed E-state index contributed by atoms with van der Waals surface area (Å²) in [6, 6.07) is 9.36. The third kappa shape index (κ3) is 1.97. The lowest BCUT2D eigenvalue weighted by Crippen LogP contribution is -2.14. The molecule has 5 nitrogen and oxygen atoms in total. The van der Waals surface area contributed by atoms with Gasteiger partial charge in [-0.1, -0.05) is 26.0 Å². The smallest absolute Gasteiger partial charge is 0.274 e. The second kappa shape index (κ2) is 4.42. The van der Waals surface area contributed by atoms with E-state index in [4.69, 9.17) is 0 Å². The van der Waals surface area contributed by atoms with Gasteiger partial charge in [-0.15, -0.1) is 0 Å². The summed E-state index contributed by atoms with van der Waals surface area (Å²) in [5, 5.41) is 3.12. The molecule has 3 rings (SSSR count). The van der Waals surface area contributed by atoms with Gasteiger partial charge in [-0.2, -0.15) is 4.68 Å². The Morgan fingerprint density at radius 2 is 2.16 bits per heavy atom. The average molecular weight is 256 g/mol. The van der Waals surface area contributed by atoms with E-state index in [0.29, 0.717) is 11.9 Å². The number of benzene rings is 1. The van der Waals surface area contributed by atoms with Gasteiger partial charge in [-0.25, -0.2) is 4.98 Å². The average Bonchev–Trinajstić information content (AvgIpc) is 3.00. The standard InChI is InChI=1S/C14H16N4O/c1-3-9(2)12-8-13(19)18(17-12)14-15-10-6-4-5-7-11(10)16-14/h4-9,17H,3H2,1-2H3,(H,15,16). The Balaban J connectivity index is 2.11. The van der Waals surface area contributed by atoms with Crippen LogP contribution in [0.2, 0.25) is 0 Å². The number of para-hydroxylation sites is 2. The fourth-order valence-electron chi connectivity index (χ4n) is 2.09. The van der Waals surface area contributed by atoms with E-state index >= 15 is 0 Å². The van der Waals surface area contributed by atoms with Crippen LogP contribution >= 0.6 is 0 Å². The molecule has 0 aliphatic rings. The molecule has 0 fully saturated rings. The summed E-state index contributed by atoms with van der Waals surface area (Å²) >= 11 is 0. The third-order valence-electron chi connectivity index (χ3n) is 3.47. The minimum atomic E-state index is -0.0886. The van der Waals surface area contributed by atoms with Gasteiger partial charge in [0.1, 0.15) is 0 Å². The minimum absolute atomic E-state index is 0.0886. The van der Waals surface area contributed by atoms with Crippen LogP contribution in [-0.4, -0.2) is 19.7 Å². The number of aromatic nitrogens is 4. The summed E-state index contributed by atoms with van der Waals surface area (Å²) in [6.45, 7) is 4.19. The number of rotatable bonds is 3. The van der Waals surface area contributed by atoms with Gasteiger partial charge in [0.15, 0.2) is 0 Å². The molecule has 0 amide bonds. The lowest BCUT2D eigenvalue weighted by molar-refractivity contribution is 0.679. The van der Waals surface area contributed by atoms with Gasteiger partial charge in [0, 0.05) is 11.8 Å². The Morgan fingerprint density at radius 1 is 1.37 bits per heavy atom. The van der Waals surface area contributed by atoms with E-state index in [1.165, 1.54) is 4.68 Å². The van der Waals surface area contributed by atoms with Gasteiger partial charge in [-0.3, -0.25) is 9.89 Å². The third-order valence-corrected chi connectivity index (χ3v) is 3.47. The molecule has 1 aromatic carbocycles. The topological polar surface area (TPSA) is 66.5 Å². The molecule has 2 heterocycles. The Kier molecular flexibility index (Phi) is 2.74. The molecule has 3 aromatic rings. The van der Waals surface area contributed by atoms with Gasteiger partial charge in [-0.05, 0) is 24.5 Å². The summed E-state index contributed by atoms with van der Waals surface area (Å²) in [5.41, 5.74) is 2.62. The highest BCUT2D eigenvalue weighted by molar-refractivity contribution is 5.75. The lowest BCUT2D eigenvalue weighted by atomic mass is 10.1. The Morgan fingerprint density at radius 3 is 2.89 bits per heavy atom. The molecule has 0 radical (unpaired) electrons. The van der Waals surface area contributed by atoms with Crippen LogP contribution in [0.25, 0.3) is 17.0 Å². The second-order valence-electron chi connectivity index (χ2n) is 4.77. The van der Waals surface area contributed by atoms with Crippen LogP contribution in [0.3, 0.4) is 0 Å². The van der Waals surface area contributed by atoms with Crippen LogP contribution in [0.15, 0.2) is 35.1 Å². The molecular weight excluding hydrogens is 240 g/mol. The highest BCUT2D eigenvalue weighted by atomic mass is 16.1. The molecule has 19 heavy (non-hydrogen) atoms. The van der Waals surface area contributed by atoms with Gasteiger partial charge in [0.2, 0.25) is 5.95 Å². The van der Waals surface area contributed by atoms with Crippen molar-refractivity contribution in [3.8, 4) is 5.95 Å². The van der Waals surface area contributed by atoms with Gasteiger partial charge in [0.05, 0.1) is 11.0 Å². The van der Waals surface area contributed by atoms with Gasteiger partial charge < -0.3 is 4.98 Å². The predicted molar refractivity (Wildman–Crippen MR) is 74.7 cm³/mol. The molecule has 0 saturated heterocycles. The van der Waals surface area contributed by atoms with E-state index in [2.05, 4.69) is 28.9 Å². The van der Waals surface area contributed by atoms with Crippen LogP contribution in [0.1, 0.15) is 31.9 Å². The van der Waals surface area contributed by atoms with Gasteiger partial charge >= 0.3 is 0 Å². The number of H-pyrrole nitrogens is 2. The molecule has 0 saturated carbocycles. The molecule has 98 valence electrons. The van der Waals surface area contributed by atoms with E-state index < -0.39 is 0 Å². The maximum absolute atomic E-state index is 12.0. The lowest BCUT2D eigenvalue weighted by Gasteiger charge is -2.04. The predicted octanol–water partition coefficient (Wildman–Crippen LogP) is 2.56. The molecule has 2 aromatic heterocycles.